The second kappa shape index (κ2) is 26.0. The highest BCUT2D eigenvalue weighted by Crippen LogP contribution is 2.11. The Morgan fingerprint density at radius 3 is 0.897 bits per heavy atom. The first-order valence-corrected chi connectivity index (χ1v) is 13.8. The Bertz CT molecular complexity index is 280. The second-order valence-corrected chi connectivity index (χ2v) is 9.35. The Morgan fingerprint density at radius 2 is 0.621 bits per heavy atom. The summed E-state index contributed by atoms with van der Waals surface area (Å²) in [6, 6.07) is 0. The molecular formula is C27H58N2. The van der Waals surface area contributed by atoms with E-state index < -0.39 is 0 Å². The van der Waals surface area contributed by atoms with Gasteiger partial charge in [0.1, 0.15) is 0 Å². The highest BCUT2D eigenvalue weighted by molar-refractivity contribution is 4.59. The lowest BCUT2D eigenvalue weighted by molar-refractivity contribution is 0.432. The van der Waals surface area contributed by atoms with Crippen molar-refractivity contribution in [2.24, 2.45) is 0 Å². The van der Waals surface area contributed by atoms with Crippen molar-refractivity contribution in [1.82, 2.24) is 10.6 Å². The van der Waals surface area contributed by atoms with Crippen molar-refractivity contribution < 1.29 is 0 Å². The summed E-state index contributed by atoms with van der Waals surface area (Å²) >= 11 is 0. The van der Waals surface area contributed by atoms with E-state index in [0.717, 1.165) is 0 Å². The molecule has 0 radical (unpaired) electrons. The summed E-state index contributed by atoms with van der Waals surface area (Å²) in [5.41, 5.74) is 0. The van der Waals surface area contributed by atoms with E-state index in [0.29, 0.717) is 6.17 Å². The van der Waals surface area contributed by atoms with E-state index in [9.17, 15) is 0 Å². The van der Waals surface area contributed by atoms with E-state index in [1.807, 2.05) is 0 Å². The van der Waals surface area contributed by atoms with Gasteiger partial charge in [0.25, 0.3) is 0 Å². The molecule has 0 rings (SSSR count). The third-order valence-electron chi connectivity index (χ3n) is 6.21. The first-order valence-electron chi connectivity index (χ1n) is 13.8. The quantitative estimate of drug-likeness (QED) is 0.116. The molecule has 0 aliphatic heterocycles. The Kier molecular flexibility index (Phi) is 25.9. The van der Waals surface area contributed by atoms with Crippen molar-refractivity contribution in [3.05, 3.63) is 0 Å². The van der Waals surface area contributed by atoms with Gasteiger partial charge in [-0.05, 0) is 32.9 Å². The minimum absolute atomic E-state index is 0.469. The molecule has 2 heteroatoms. The van der Waals surface area contributed by atoms with Crippen molar-refractivity contribution in [2.75, 3.05) is 13.1 Å². The summed E-state index contributed by atoms with van der Waals surface area (Å²) in [7, 11) is 0. The molecule has 0 heterocycles. The van der Waals surface area contributed by atoms with Crippen LogP contribution in [-0.4, -0.2) is 19.3 Å². The van der Waals surface area contributed by atoms with Gasteiger partial charge in [-0.1, -0.05) is 136 Å². The van der Waals surface area contributed by atoms with Crippen molar-refractivity contribution >= 4 is 0 Å². The lowest BCUT2D eigenvalue weighted by Gasteiger charge is -2.15. The molecule has 2 nitrogen and oxygen atoms in total. The number of unbranched alkanes of at least 4 members (excludes halogenated alkanes) is 19. The molecule has 0 aromatic carbocycles. The molecular weight excluding hydrogens is 352 g/mol. The van der Waals surface area contributed by atoms with Gasteiger partial charge in [-0.3, -0.25) is 0 Å². The molecule has 0 amide bonds. The van der Waals surface area contributed by atoms with Crippen LogP contribution in [0.5, 0.6) is 0 Å². The summed E-state index contributed by atoms with van der Waals surface area (Å²) in [6.07, 6.45) is 30.4. The van der Waals surface area contributed by atoms with Crippen LogP contribution in [0.4, 0.5) is 0 Å². The van der Waals surface area contributed by atoms with Crippen LogP contribution in [0.1, 0.15) is 156 Å². The smallest absolute Gasteiger partial charge is 0.0542 e. The molecule has 0 bridgehead atoms. The standard InChI is InChI=1S/C27H58N2/c1-4-6-8-10-12-14-16-18-20-22-24-26-29-27(3)28-25-23-21-19-17-15-13-11-9-7-5-2/h27-29H,4-26H2,1-3H3. The Hall–Kier alpha value is -0.0800. The van der Waals surface area contributed by atoms with Gasteiger partial charge < -0.3 is 10.6 Å². The van der Waals surface area contributed by atoms with E-state index >= 15 is 0 Å². The monoisotopic (exact) mass is 410 g/mol. The van der Waals surface area contributed by atoms with E-state index in [-0.39, 0.29) is 0 Å². The van der Waals surface area contributed by atoms with E-state index in [1.54, 1.807) is 0 Å². The van der Waals surface area contributed by atoms with Gasteiger partial charge in [-0.25, -0.2) is 0 Å². The Labute approximate surface area is 185 Å². The van der Waals surface area contributed by atoms with Crippen molar-refractivity contribution in [3.63, 3.8) is 0 Å². The third kappa shape index (κ3) is 25.9. The molecule has 2 N–H and O–H groups in total. The average Bonchev–Trinajstić information content (AvgIpc) is 2.72. The first kappa shape index (κ1) is 28.9. The summed E-state index contributed by atoms with van der Waals surface area (Å²) < 4.78 is 0. The zero-order valence-electron chi connectivity index (χ0n) is 20.8. The molecule has 0 saturated heterocycles. The number of hydrogen-bond donors (Lipinski definition) is 2. The van der Waals surface area contributed by atoms with E-state index in [4.69, 9.17) is 0 Å². The van der Waals surface area contributed by atoms with Crippen LogP contribution in [0.2, 0.25) is 0 Å². The fraction of sp³-hybridized carbons (Fsp3) is 1.00. The van der Waals surface area contributed by atoms with Gasteiger partial charge in [0.2, 0.25) is 0 Å². The Balaban J connectivity index is 3.12. The van der Waals surface area contributed by atoms with E-state index in [2.05, 4.69) is 31.4 Å². The summed E-state index contributed by atoms with van der Waals surface area (Å²) in [4.78, 5) is 0. The summed E-state index contributed by atoms with van der Waals surface area (Å²) in [5.74, 6) is 0. The fourth-order valence-electron chi connectivity index (χ4n) is 4.11. The molecule has 176 valence electrons. The fourth-order valence-corrected chi connectivity index (χ4v) is 4.11. The number of rotatable bonds is 25. The second-order valence-electron chi connectivity index (χ2n) is 9.35. The van der Waals surface area contributed by atoms with Gasteiger partial charge in [0, 0.05) is 0 Å². The van der Waals surface area contributed by atoms with Crippen LogP contribution in [0.25, 0.3) is 0 Å². The van der Waals surface area contributed by atoms with Gasteiger partial charge in [0.15, 0.2) is 0 Å². The third-order valence-corrected chi connectivity index (χ3v) is 6.21. The largest absolute Gasteiger partial charge is 0.302 e. The maximum atomic E-state index is 3.64. The lowest BCUT2D eigenvalue weighted by atomic mass is 10.1. The van der Waals surface area contributed by atoms with Crippen molar-refractivity contribution in [2.45, 2.75) is 162 Å². The van der Waals surface area contributed by atoms with Crippen molar-refractivity contribution in [3.8, 4) is 0 Å². The molecule has 1 unspecified atom stereocenters. The highest BCUT2D eigenvalue weighted by atomic mass is 15.1. The molecule has 0 fully saturated rings. The number of hydrogen-bond acceptors (Lipinski definition) is 2. The van der Waals surface area contributed by atoms with Crippen molar-refractivity contribution in [1.29, 1.82) is 0 Å². The molecule has 0 aromatic heterocycles. The highest BCUT2D eigenvalue weighted by Gasteiger charge is 1.99. The lowest BCUT2D eigenvalue weighted by Crippen LogP contribution is -2.40. The minimum Gasteiger partial charge on any atom is -0.302 e. The molecule has 29 heavy (non-hydrogen) atoms. The molecule has 1 atom stereocenters. The van der Waals surface area contributed by atoms with Crippen LogP contribution < -0.4 is 10.6 Å². The Morgan fingerprint density at radius 1 is 0.379 bits per heavy atom. The molecule has 0 aromatic rings. The average molecular weight is 411 g/mol. The minimum atomic E-state index is 0.469. The predicted octanol–water partition coefficient (Wildman–Crippen LogP) is 8.74. The van der Waals surface area contributed by atoms with Gasteiger partial charge in [-0.2, -0.15) is 0 Å². The molecule has 0 saturated carbocycles. The maximum absolute atomic E-state index is 3.64. The first-order chi connectivity index (χ1) is 14.3. The van der Waals surface area contributed by atoms with Gasteiger partial charge in [-0.15, -0.1) is 0 Å². The summed E-state index contributed by atoms with van der Waals surface area (Å²) in [5, 5.41) is 7.27. The van der Waals surface area contributed by atoms with Gasteiger partial charge >= 0.3 is 0 Å². The summed E-state index contributed by atoms with van der Waals surface area (Å²) in [6.45, 7) is 9.20. The normalized spacial score (nSPS) is 12.5. The predicted molar refractivity (Wildman–Crippen MR) is 134 cm³/mol. The SMILES string of the molecule is CCCCCCCCCCCCCNC(C)NCCCCCCCCCCCC. The zero-order chi connectivity index (χ0) is 21.3. The van der Waals surface area contributed by atoms with Crippen LogP contribution in [0.15, 0.2) is 0 Å². The number of nitrogens with one attached hydrogen (secondary N) is 2. The zero-order valence-corrected chi connectivity index (χ0v) is 20.8. The topological polar surface area (TPSA) is 24.1 Å². The van der Waals surface area contributed by atoms with Crippen LogP contribution in [0.3, 0.4) is 0 Å². The maximum Gasteiger partial charge on any atom is 0.0542 e. The molecule has 0 spiro atoms. The molecule has 0 aliphatic rings. The van der Waals surface area contributed by atoms with Crippen LogP contribution in [-0.2, 0) is 0 Å². The van der Waals surface area contributed by atoms with E-state index in [1.165, 1.54) is 148 Å². The van der Waals surface area contributed by atoms with Crippen LogP contribution in [0, 0.1) is 0 Å². The molecule has 0 aliphatic carbocycles. The van der Waals surface area contributed by atoms with Gasteiger partial charge in [0.05, 0.1) is 6.17 Å². The van der Waals surface area contributed by atoms with Crippen LogP contribution >= 0.6 is 0 Å².